The zero-order valence-corrected chi connectivity index (χ0v) is 14.0. The first-order valence-corrected chi connectivity index (χ1v) is 8.90. The first-order chi connectivity index (χ1) is 11.2. The maximum Gasteiger partial charge on any atom is 0.123 e. The highest BCUT2D eigenvalue weighted by atomic mass is 32.1. The lowest BCUT2D eigenvalue weighted by atomic mass is 9.86. The van der Waals surface area contributed by atoms with Crippen molar-refractivity contribution in [3.05, 3.63) is 34.8 Å². The number of hydrogen-bond donors (Lipinski definition) is 0. The van der Waals surface area contributed by atoms with Gasteiger partial charge in [0.25, 0.3) is 0 Å². The minimum absolute atomic E-state index is 0.248. The maximum absolute atomic E-state index is 9.32. The van der Waals surface area contributed by atoms with Crippen LogP contribution in [0.2, 0.25) is 0 Å². The molecule has 23 heavy (non-hydrogen) atoms. The fraction of sp³-hybridized carbons (Fsp3) is 0.444. The van der Waals surface area contributed by atoms with Crippen molar-refractivity contribution in [3.8, 4) is 22.4 Å². The third-order valence-electron chi connectivity index (χ3n) is 4.79. The zero-order chi connectivity index (χ0) is 15.8. The molecule has 118 valence electrons. The highest BCUT2D eigenvalue weighted by Gasteiger charge is 2.35. The van der Waals surface area contributed by atoms with E-state index in [-0.39, 0.29) is 6.10 Å². The summed E-state index contributed by atoms with van der Waals surface area (Å²) in [5.74, 6) is 1.45. The Balaban J connectivity index is 1.62. The average molecular weight is 325 g/mol. The normalized spacial score (nSPS) is 26.0. The van der Waals surface area contributed by atoms with Gasteiger partial charge < -0.3 is 4.74 Å². The first kappa shape index (κ1) is 14.7. The lowest BCUT2D eigenvalue weighted by Gasteiger charge is -2.44. The second-order valence-corrected chi connectivity index (χ2v) is 7.66. The molecule has 1 atom stereocenters. The van der Waals surface area contributed by atoms with E-state index in [4.69, 9.17) is 4.74 Å². The van der Waals surface area contributed by atoms with Crippen molar-refractivity contribution in [1.82, 2.24) is 9.88 Å². The molecule has 0 amide bonds. The van der Waals surface area contributed by atoms with E-state index < -0.39 is 0 Å². The van der Waals surface area contributed by atoms with E-state index in [9.17, 15) is 5.26 Å². The van der Waals surface area contributed by atoms with Gasteiger partial charge >= 0.3 is 0 Å². The van der Waals surface area contributed by atoms with E-state index in [2.05, 4.69) is 16.0 Å². The molecule has 4 heterocycles. The zero-order valence-electron chi connectivity index (χ0n) is 13.2. The van der Waals surface area contributed by atoms with E-state index in [1.54, 1.807) is 11.3 Å². The lowest BCUT2D eigenvalue weighted by molar-refractivity contribution is -0.00774. The Kier molecular flexibility index (Phi) is 3.80. The van der Waals surface area contributed by atoms with Gasteiger partial charge in [0, 0.05) is 23.2 Å². The van der Waals surface area contributed by atoms with Crippen molar-refractivity contribution < 1.29 is 4.74 Å². The second-order valence-electron chi connectivity index (χ2n) is 6.43. The van der Waals surface area contributed by atoms with E-state index >= 15 is 0 Å². The highest BCUT2D eigenvalue weighted by Crippen LogP contribution is 2.33. The largest absolute Gasteiger partial charge is 0.489 e. The number of nitriles is 1. The molecule has 0 N–H and O–H groups in total. The molecule has 3 aliphatic rings. The van der Waals surface area contributed by atoms with Crippen LogP contribution in [-0.4, -0.2) is 35.6 Å². The van der Waals surface area contributed by atoms with Crippen molar-refractivity contribution in [2.45, 2.75) is 25.9 Å². The molecule has 3 saturated heterocycles. The van der Waals surface area contributed by atoms with Crippen LogP contribution in [-0.2, 0) is 0 Å². The molecule has 0 radical (unpaired) electrons. The summed E-state index contributed by atoms with van der Waals surface area (Å²) in [7, 11) is 0. The van der Waals surface area contributed by atoms with Crippen molar-refractivity contribution in [2.24, 2.45) is 5.92 Å². The summed E-state index contributed by atoms with van der Waals surface area (Å²) in [4.78, 5) is 8.08. The third kappa shape index (κ3) is 2.97. The second kappa shape index (κ2) is 5.95. The summed E-state index contributed by atoms with van der Waals surface area (Å²) in [6, 6.07) is 8.01. The molecule has 4 nitrogen and oxygen atoms in total. The van der Waals surface area contributed by atoms with Crippen LogP contribution < -0.4 is 4.74 Å². The Bertz CT molecular complexity index is 756. The van der Waals surface area contributed by atoms with Gasteiger partial charge in [0.05, 0.1) is 11.6 Å². The molecule has 0 unspecified atom stereocenters. The molecule has 3 aliphatic heterocycles. The Hall–Kier alpha value is -1.90. The van der Waals surface area contributed by atoms with Crippen molar-refractivity contribution in [3.63, 3.8) is 0 Å². The Labute approximate surface area is 140 Å². The van der Waals surface area contributed by atoms with Crippen LogP contribution in [0.4, 0.5) is 0 Å². The standard InChI is InChI=1S/C18H19N3OS/c1-12-10-20-18(23-12)15-6-13(9-19)7-16(8-15)22-17-11-21-4-2-14(17)3-5-21/h6-8,10,14,17H,2-5,11H2,1H3/t17-/m1/s1. The Morgan fingerprint density at radius 3 is 2.74 bits per heavy atom. The van der Waals surface area contributed by atoms with Crippen molar-refractivity contribution in [2.75, 3.05) is 19.6 Å². The fourth-order valence-corrected chi connectivity index (χ4v) is 4.31. The first-order valence-electron chi connectivity index (χ1n) is 8.08. The van der Waals surface area contributed by atoms with Gasteiger partial charge in [-0.3, -0.25) is 4.90 Å². The quantitative estimate of drug-likeness (QED) is 0.867. The van der Waals surface area contributed by atoms with Crippen LogP contribution in [0.25, 0.3) is 10.6 Å². The summed E-state index contributed by atoms with van der Waals surface area (Å²) in [5.41, 5.74) is 1.60. The number of aromatic nitrogens is 1. The van der Waals surface area contributed by atoms with Crippen LogP contribution in [0, 0.1) is 24.2 Å². The van der Waals surface area contributed by atoms with Crippen LogP contribution in [0.3, 0.4) is 0 Å². The number of nitrogens with zero attached hydrogens (tertiary/aromatic N) is 3. The predicted octanol–water partition coefficient (Wildman–Crippen LogP) is 3.46. The van der Waals surface area contributed by atoms with Gasteiger partial charge in [-0.25, -0.2) is 4.98 Å². The number of fused-ring (bicyclic) bond motifs is 3. The van der Waals surface area contributed by atoms with Gasteiger partial charge in [0.1, 0.15) is 16.9 Å². The van der Waals surface area contributed by atoms with E-state index in [1.807, 2.05) is 31.3 Å². The van der Waals surface area contributed by atoms with Gasteiger partial charge in [-0.15, -0.1) is 11.3 Å². The molecule has 0 spiro atoms. The summed E-state index contributed by atoms with van der Waals surface area (Å²) < 4.78 is 6.28. The molecule has 2 bridgehead atoms. The summed E-state index contributed by atoms with van der Waals surface area (Å²) in [5, 5.41) is 10.3. The lowest BCUT2D eigenvalue weighted by Crippen LogP contribution is -2.52. The van der Waals surface area contributed by atoms with Crippen LogP contribution in [0.1, 0.15) is 23.3 Å². The number of piperidine rings is 3. The topological polar surface area (TPSA) is 49.1 Å². The molecule has 0 aliphatic carbocycles. The molecule has 0 saturated carbocycles. The molecule has 1 aromatic carbocycles. The monoisotopic (exact) mass is 325 g/mol. The number of rotatable bonds is 3. The summed E-state index contributed by atoms with van der Waals surface area (Å²) in [6.45, 7) is 5.45. The minimum atomic E-state index is 0.248. The van der Waals surface area contributed by atoms with Gasteiger partial charge in [0.15, 0.2) is 0 Å². The summed E-state index contributed by atoms with van der Waals surface area (Å²) >= 11 is 1.64. The number of benzene rings is 1. The van der Waals surface area contributed by atoms with Crippen LogP contribution in [0.5, 0.6) is 5.75 Å². The predicted molar refractivity (Wildman–Crippen MR) is 90.6 cm³/mol. The number of aryl methyl sites for hydroxylation is 1. The smallest absolute Gasteiger partial charge is 0.123 e. The third-order valence-corrected chi connectivity index (χ3v) is 5.75. The Morgan fingerprint density at radius 1 is 1.30 bits per heavy atom. The Morgan fingerprint density at radius 2 is 2.13 bits per heavy atom. The van der Waals surface area contributed by atoms with Gasteiger partial charge in [-0.2, -0.15) is 5.26 Å². The molecule has 1 aromatic heterocycles. The fourth-order valence-electron chi connectivity index (χ4n) is 3.56. The SMILES string of the molecule is Cc1cnc(-c2cc(C#N)cc(O[C@@H]3CN4CCC3CC4)c2)s1. The minimum Gasteiger partial charge on any atom is -0.489 e. The maximum atomic E-state index is 9.32. The number of hydrogen-bond acceptors (Lipinski definition) is 5. The van der Waals surface area contributed by atoms with E-state index in [1.165, 1.54) is 30.8 Å². The highest BCUT2D eigenvalue weighted by molar-refractivity contribution is 7.14. The van der Waals surface area contributed by atoms with Crippen molar-refractivity contribution >= 4 is 11.3 Å². The molecular formula is C18H19N3OS. The number of ether oxygens (including phenoxy) is 1. The number of thiazole rings is 1. The summed E-state index contributed by atoms with van der Waals surface area (Å²) in [6.07, 6.45) is 4.56. The van der Waals surface area contributed by atoms with E-state index in [0.717, 1.165) is 22.9 Å². The van der Waals surface area contributed by atoms with Gasteiger partial charge in [-0.05, 0) is 57.0 Å². The van der Waals surface area contributed by atoms with Crippen molar-refractivity contribution in [1.29, 1.82) is 5.26 Å². The molecular weight excluding hydrogens is 306 g/mol. The van der Waals surface area contributed by atoms with Crippen LogP contribution in [0.15, 0.2) is 24.4 Å². The van der Waals surface area contributed by atoms with E-state index in [0.29, 0.717) is 11.5 Å². The molecule has 5 heteroatoms. The van der Waals surface area contributed by atoms with Gasteiger partial charge in [0.2, 0.25) is 0 Å². The molecule has 5 rings (SSSR count). The average Bonchev–Trinajstić information content (AvgIpc) is 3.02. The molecule has 2 aromatic rings. The molecule has 3 fully saturated rings. The van der Waals surface area contributed by atoms with Gasteiger partial charge in [-0.1, -0.05) is 0 Å². The van der Waals surface area contributed by atoms with Crippen LogP contribution >= 0.6 is 11.3 Å².